The maximum atomic E-state index is 13.9. The topological polar surface area (TPSA) is 55.7 Å². The van der Waals surface area contributed by atoms with Crippen molar-refractivity contribution in [2.24, 2.45) is 4.40 Å². The molecular formula is C15H19F4NO2S. The van der Waals surface area contributed by atoms with Gasteiger partial charge in [-0.3, -0.25) is 0 Å². The molecule has 0 amide bonds. The van der Waals surface area contributed by atoms with Gasteiger partial charge in [-0.05, 0) is 33.8 Å². The molecule has 1 N–H and O–H groups in total. The largest absolute Gasteiger partial charge is 0.591 e. The van der Waals surface area contributed by atoms with Crippen molar-refractivity contribution < 1.29 is 27.2 Å². The summed E-state index contributed by atoms with van der Waals surface area (Å²) >= 11 is -1.89. The Bertz CT molecular complexity index is 580. The van der Waals surface area contributed by atoms with Crippen LogP contribution in [0.1, 0.15) is 39.7 Å². The summed E-state index contributed by atoms with van der Waals surface area (Å²) in [5.74, 6) is -0.796. The van der Waals surface area contributed by atoms with Crippen molar-refractivity contribution in [2.75, 3.05) is 0 Å². The van der Waals surface area contributed by atoms with Crippen molar-refractivity contribution in [1.29, 1.82) is 0 Å². The first-order valence-corrected chi connectivity index (χ1v) is 7.90. The zero-order chi connectivity index (χ0) is 18.1. The zero-order valence-electron chi connectivity index (χ0n) is 13.2. The van der Waals surface area contributed by atoms with Gasteiger partial charge in [0, 0.05) is 12.0 Å². The van der Waals surface area contributed by atoms with E-state index in [-0.39, 0.29) is 5.56 Å². The van der Waals surface area contributed by atoms with E-state index in [0.717, 1.165) is 6.07 Å². The average molecular weight is 353 g/mol. The lowest BCUT2D eigenvalue weighted by Gasteiger charge is -2.27. The van der Waals surface area contributed by atoms with Crippen LogP contribution in [0.2, 0.25) is 0 Å². The van der Waals surface area contributed by atoms with E-state index < -0.39 is 45.8 Å². The van der Waals surface area contributed by atoms with Gasteiger partial charge in [-0.1, -0.05) is 22.6 Å². The van der Waals surface area contributed by atoms with Crippen molar-refractivity contribution >= 4 is 17.1 Å². The Balaban J connectivity index is 3.34. The third-order valence-electron chi connectivity index (χ3n) is 3.02. The zero-order valence-corrected chi connectivity index (χ0v) is 14.1. The Morgan fingerprint density at radius 3 is 2.13 bits per heavy atom. The second kappa shape index (κ2) is 6.78. The smallest absolute Gasteiger partial charge is 0.417 e. The second-order valence-corrected chi connectivity index (χ2v) is 8.23. The summed E-state index contributed by atoms with van der Waals surface area (Å²) in [6.07, 6.45) is -5.93. The van der Waals surface area contributed by atoms with E-state index in [2.05, 4.69) is 4.40 Å². The lowest BCUT2D eigenvalue weighted by Crippen LogP contribution is -2.44. The number of alkyl halides is 3. The highest BCUT2D eigenvalue weighted by atomic mass is 32.2. The number of rotatable bonds is 4. The van der Waals surface area contributed by atoms with Gasteiger partial charge in [0.1, 0.15) is 27.6 Å². The highest BCUT2D eigenvalue weighted by Gasteiger charge is 2.51. The molecule has 0 heterocycles. The van der Waals surface area contributed by atoms with E-state index in [4.69, 9.17) is 0 Å². The monoisotopic (exact) mass is 353 g/mol. The van der Waals surface area contributed by atoms with Crippen LogP contribution in [0.3, 0.4) is 0 Å². The minimum atomic E-state index is -4.93. The molecule has 8 heteroatoms. The molecule has 0 spiro atoms. The minimum absolute atomic E-state index is 0.213. The van der Waals surface area contributed by atoms with Crippen molar-refractivity contribution in [3.63, 3.8) is 0 Å². The van der Waals surface area contributed by atoms with Gasteiger partial charge in [-0.2, -0.15) is 13.2 Å². The molecule has 0 fully saturated rings. The van der Waals surface area contributed by atoms with Crippen molar-refractivity contribution in [3.05, 3.63) is 35.6 Å². The third-order valence-corrected chi connectivity index (χ3v) is 4.46. The molecule has 1 aromatic carbocycles. The lowest BCUT2D eigenvalue weighted by molar-refractivity contribution is -0.249. The van der Waals surface area contributed by atoms with E-state index >= 15 is 0 Å². The van der Waals surface area contributed by atoms with E-state index in [0.29, 0.717) is 6.92 Å². The molecule has 0 bridgehead atoms. The van der Waals surface area contributed by atoms with Gasteiger partial charge in [0.05, 0.1) is 0 Å². The fourth-order valence-electron chi connectivity index (χ4n) is 1.54. The molecule has 0 aliphatic heterocycles. The molecule has 0 saturated carbocycles. The van der Waals surface area contributed by atoms with Crippen LogP contribution < -0.4 is 0 Å². The van der Waals surface area contributed by atoms with Crippen LogP contribution in [-0.2, 0) is 11.4 Å². The van der Waals surface area contributed by atoms with Crippen LogP contribution in [0.25, 0.3) is 0 Å². The second-order valence-electron chi connectivity index (χ2n) is 6.33. The third kappa shape index (κ3) is 5.19. The standard InChI is InChI=1S/C15H19F4NO2S/c1-13(2,3)23(22)20-12(9-14(4,21)15(17,18)19)10-7-5-6-8-11(10)16/h5-8,21H,9H2,1-4H3/t14-,23?/m0/s1. The Morgan fingerprint density at radius 2 is 1.70 bits per heavy atom. The Hall–Kier alpha value is -1.12. The molecule has 0 saturated heterocycles. The lowest BCUT2D eigenvalue weighted by atomic mass is 9.94. The summed E-state index contributed by atoms with van der Waals surface area (Å²) in [6, 6.07) is 5.10. The van der Waals surface area contributed by atoms with Gasteiger partial charge in [0.25, 0.3) is 0 Å². The predicted molar refractivity (Wildman–Crippen MR) is 82.1 cm³/mol. The predicted octanol–water partition coefficient (Wildman–Crippen LogP) is 3.78. The first kappa shape index (κ1) is 19.9. The van der Waals surface area contributed by atoms with Gasteiger partial charge in [0.2, 0.25) is 0 Å². The highest BCUT2D eigenvalue weighted by Crippen LogP contribution is 2.34. The maximum absolute atomic E-state index is 13.9. The van der Waals surface area contributed by atoms with Crippen LogP contribution in [-0.4, -0.2) is 31.9 Å². The number of halogens is 4. The van der Waals surface area contributed by atoms with Crippen LogP contribution in [0.5, 0.6) is 0 Å². The molecule has 130 valence electrons. The van der Waals surface area contributed by atoms with Crippen molar-refractivity contribution in [1.82, 2.24) is 0 Å². The number of aliphatic hydroxyl groups is 1. The van der Waals surface area contributed by atoms with E-state index in [1.54, 1.807) is 20.8 Å². The fourth-order valence-corrected chi connectivity index (χ4v) is 2.17. The number of hydrogen-bond donors (Lipinski definition) is 1. The normalized spacial score (nSPS) is 17.7. The van der Waals surface area contributed by atoms with Gasteiger partial charge >= 0.3 is 6.18 Å². The molecule has 0 radical (unpaired) electrons. The van der Waals surface area contributed by atoms with Crippen LogP contribution >= 0.6 is 0 Å². The number of benzene rings is 1. The van der Waals surface area contributed by atoms with Gasteiger partial charge in [0.15, 0.2) is 5.60 Å². The SMILES string of the molecule is CC(C)(C)[S+]([O-])N=C(C[C@](C)(O)C(F)(F)F)c1ccccc1F. The average Bonchev–Trinajstić information content (AvgIpc) is 2.35. The minimum Gasteiger partial charge on any atom is -0.591 e. The van der Waals surface area contributed by atoms with Gasteiger partial charge in [-0.25, -0.2) is 4.39 Å². The summed E-state index contributed by atoms with van der Waals surface area (Å²) in [6.45, 7) is 5.35. The fraction of sp³-hybridized carbons (Fsp3) is 0.533. The van der Waals surface area contributed by atoms with Crippen molar-refractivity contribution in [2.45, 2.75) is 50.6 Å². The van der Waals surface area contributed by atoms with Crippen LogP contribution in [0.4, 0.5) is 17.6 Å². The molecule has 23 heavy (non-hydrogen) atoms. The first-order chi connectivity index (χ1) is 10.3. The summed E-state index contributed by atoms with van der Waals surface area (Å²) in [5.41, 5.74) is -3.72. The quantitative estimate of drug-likeness (QED) is 0.509. The van der Waals surface area contributed by atoms with E-state index in [9.17, 15) is 27.2 Å². The molecule has 1 rings (SSSR count). The summed E-state index contributed by atoms with van der Waals surface area (Å²) < 4.78 is 67.7. The first-order valence-electron chi connectivity index (χ1n) is 6.79. The molecule has 2 atom stereocenters. The summed E-state index contributed by atoms with van der Waals surface area (Å²) in [7, 11) is 0. The molecule has 1 aromatic rings. The van der Waals surface area contributed by atoms with E-state index in [1.165, 1.54) is 18.2 Å². The Kier molecular flexibility index (Phi) is 5.88. The highest BCUT2D eigenvalue weighted by molar-refractivity contribution is 7.91. The Labute approximate surface area is 135 Å². The van der Waals surface area contributed by atoms with Gasteiger partial charge in [-0.15, -0.1) is 0 Å². The van der Waals surface area contributed by atoms with Crippen molar-refractivity contribution in [3.8, 4) is 0 Å². The molecule has 0 aliphatic rings. The molecule has 0 aliphatic carbocycles. The summed E-state index contributed by atoms with van der Waals surface area (Å²) in [5, 5.41) is 9.66. The maximum Gasteiger partial charge on any atom is 0.417 e. The molecule has 3 nitrogen and oxygen atoms in total. The Morgan fingerprint density at radius 1 is 1.17 bits per heavy atom. The number of nitrogens with zero attached hydrogens (tertiary/aromatic N) is 1. The number of hydrogen-bond acceptors (Lipinski definition) is 3. The van der Waals surface area contributed by atoms with Crippen LogP contribution in [0, 0.1) is 5.82 Å². The van der Waals surface area contributed by atoms with Crippen LogP contribution in [0.15, 0.2) is 28.7 Å². The summed E-state index contributed by atoms with van der Waals surface area (Å²) in [4.78, 5) is 0. The molecular weight excluding hydrogens is 334 g/mol. The van der Waals surface area contributed by atoms with Gasteiger partial charge < -0.3 is 9.66 Å². The van der Waals surface area contributed by atoms with E-state index in [1.807, 2.05) is 0 Å². The molecule has 1 unspecified atom stereocenters. The molecule has 0 aromatic heterocycles.